The van der Waals surface area contributed by atoms with Gasteiger partial charge in [0.25, 0.3) is 0 Å². The lowest BCUT2D eigenvalue weighted by atomic mass is 10.0. The molecule has 2 aliphatic rings. The van der Waals surface area contributed by atoms with Gasteiger partial charge >= 0.3 is 0 Å². The van der Waals surface area contributed by atoms with Crippen molar-refractivity contribution >= 4 is 38.5 Å². The Hall–Kier alpha value is -7.61. The zero-order valence-corrected chi connectivity index (χ0v) is 32.1. The van der Waals surface area contributed by atoms with Crippen LogP contribution < -0.4 is 16.0 Å². The molecule has 59 heavy (non-hydrogen) atoms. The Morgan fingerprint density at radius 3 is 1.86 bits per heavy atom. The molecule has 3 N–H and O–H groups in total. The van der Waals surface area contributed by atoms with E-state index in [2.05, 4.69) is 184 Å². The highest BCUT2D eigenvalue weighted by Crippen LogP contribution is 2.38. The highest BCUT2D eigenvalue weighted by molar-refractivity contribution is 6.22. The number of allylic oxidation sites excluding steroid dienone is 2. The van der Waals surface area contributed by atoms with E-state index in [4.69, 9.17) is 15.0 Å². The minimum Gasteiger partial charge on any atom is -0.378 e. The lowest BCUT2D eigenvalue weighted by Crippen LogP contribution is -2.44. The standard InChI is InChI=1S/C52H39N7/c1-3-12-34(13-4-1)35-20-24-39(25-21-35)50-56-49(38-14-5-2-6-15-38)57-51(58-50)40-26-22-36(23-27-40)37-28-30-41(31-29-37)59-48-43-17-8-7-16-42(43)46-44(18-11-33-54-46)47(48)55-52(59)45-19-9-10-32-53-45/h1-33,45,49,51,53,57H,(H,56,58). The molecule has 0 amide bonds. The number of benzene rings is 7. The molecule has 0 spiro atoms. The first-order valence-electron chi connectivity index (χ1n) is 20.0. The second kappa shape index (κ2) is 14.7. The van der Waals surface area contributed by atoms with Gasteiger partial charge in [0.1, 0.15) is 30.0 Å². The van der Waals surface area contributed by atoms with Crippen LogP contribution in [0.25, 0.3) is 60.6 Å². The number of nitrogens with zero attached hydrogens (tertiary/aromatic N) is 4. The van der Waals surface area contributed by atoms with E-state index < -0.39 is 0 Å². The van der Waals surface area contributed by atoms with Gasteiger partial charge in [-0.3, -0.25) is 14.9 Å². The van der Waals surface area contributed by atoms with Gasteiger partial charge in [0.05, 0.1) is 16.6 Å². The second-order valence-electron chi connectivity index (χ2n) is 15.0. The van der Waals surface area contributed by atoms with Gasteiger partial charge in [-0.2, -0.15) is 0 Å². The molecule has 282 valence electrons. The summed E-state index contributed by atoms with van der Waals surface area (Å²) in [5.41, 5.74) is 12.0. The van der Waals surface area contributed by atoms with Gasteiger partial charge < -0.3 is 10.6 Å². The molecule has 0 saturated heterocycles. The molecule has 9 aromatic rings. The number of dihydropyridines is 1. The molecule has 0 aliphatic carbocycles. The van der Waals surface area contributed by atoms with E-state index >= 15 is 0 Å². The summed E-state index contributed by atoms with van der Waals surface area (Å²) in [6.45, 7) is 0. The lowest BCUT2D eigenvalue weighted by molar-refractivity contribution is 0.409. The third-order valence-corrected chi connectivity index (χ3v) is 11.4. The summed E-state index contributed by atoms with van der Waals surface area (Å²) in [6, 6.07) is 59.8. The third kappa shape index (κ3) is 6.34. The van der Waals surface area contributed by atoms with Crippen LogP contribution in [-0.2, 0) is 0 Å². The summed E-state index contributed by atoms with van der Waals surface area (Å²) in [6.07, 6.45) is 9.74. The van der Waals surface area contributed by atoms with Crippen LogP contribution in [0.15, 0.2) is 205 Å². The highest BCUT2D eigenvalue weighted by atomic mass is 15.3. The fourth-order valence-corrected chi connectivity index (χ4v) is 8.46. The molecule has 2 aromatic heterocycles. The molecule has 0 bridgehead atoms. The number of amidine groups is 1. The van der Waals surface area contributed by atoms with Gasteiger partial charge in [0.2, 0.25) is 0 Å². The maximum Gasteiger partial charge on any atom is 0.141 e. The predicted octanol–water partition coefficient (Wildman–Crippen LogP) is 11.1. The van der Waals surface area contributed by atoms with E-state index in [-0.39, 0.29) is 18.4 Å². The molecule has 2 aliphatic heterocycles. The quantitative estimate of drug-likeness (QED) is 0.141. The Balaban J connectivity index is 0.921. The Labute approximate surface area is 342 Å². The number of aromatic nitrogens is 3. The minimum atomic E-state index is -0.204. The summed E-state index contributed by atoms with van der Waals surface area (Å²) in [7, 11) is 0. The summed E-state index contributed by atoms with van der Waals surface area (Å²) >= 11 is 0. The van der Waals surface area contributed by atoms with Crippen molar-refractivity contribution < 1.29 is 0 Å². The average molecular weight is 762 g/mol. The molecule has 3 atom stereocenters. The molecule has 4 heterocycles. The minimum absolute atomic E-state index is 0.0900. The predicted molar refractivity (Wildman–Crippen MR) is 240 cm³/mol. The molecule has 7 nitrogen and oxygen atoms in total. The van der Waals surface area contributed by atoms with Gasteiger partial charge in [0, 0.05) is 33.6 Å². The fourth-order valence-electron chi connectivity index (χ4n) is 8.46. The Morgan fingerprint density at radius 1 is 0.508 bits per heavy atom. The Bertz CT molecular complexity index is 3060. The first-order valence-corrected chi connectivity index (χ1v) is 20.0. The lowest BCUT2D eigenvalue weighted by Gasteiger charge is -2.32. The van der Waals surface area contributed by atoms with Crippen molar-refractivity contribution in [1.82, 2.24) is 30.5 Å². The SMILES string of the molecule is C1=CNC(c2nc3c4cccnc4c4ccccc4c3n2-c2ccc(-c3ccc(C4NC(c5ccc(-c6ccccc6)cc5)=NC(c5ccccc5)N4)cc3)cc2)C=C1. The molecule has 7 heteroatoms. The number of pyridine rings is 1. The molecule has 7 aromatic carbocycles. The zero-order chi connectivity index (χ0) is 39.1. The number of fused-ring (bicyclic) bond motifs is 6. The Kier molecular flexibility index (Phi) is 8.64. The van der Waals surface area contributed by atoms with Crippen molar-refractivity contribution in [1.29, 1.82) is 0 Å². The van der Waals surface area contributed by atoms with Gasteiger partial charge in [-0.1, -0.05) is 158 Å². The number of aliphatic imine (C=N–C) groups is 1. The summed E-state index contributed by atoms with van der Waals surface area (Å²) in [4.78, 5) is 15.3. The fraction of sp³-hybridized carbons (Fsp3) is 0.0577. The summed E-state index contributed by atoms with van der Waals surface area (Å²) in [5.74, 6) is 1.79. The van der Waals surface area contributed by atoms with Crippen molar-refractivity contribution in [2.75, 3.05) is 0 Å². The van der Waals surface area contributed by atoms with Crippen LogP contribution in [-0.4, -0.2) is 20.4 Å². The number of hydrogen-bond acceptors (Lipinski definition) is 6. The van der Waals surface area contributed by atoms with E-state index in [0.29, 0.717) is 0 Å². The maximum atomic E-state index is 5.35. The number of nitrogens with one attached hydrogen (secondary N) is 3. The first kappa shape index (κ1) is 34.6. The number of rotatable bonds is 7. The largest absolute Gasteiger partial charge is 0.378 e. The Morgan fingerprint density at radius 2 is 1.14 bits per heavy atom. The topological polar surface area (TPSA) is 79.2 Å². The molecule has 11 rings (SSSR count). The highest BCUT2D eigenvalue weighted by Gasteiger charge is 2.26. The summed E-state index contributed by atoms with van der Waals surface area (Å²) in [5, 5.41) is 14.3. The second-order valence-corrected chi connectivity index (χ2v) is 15.0. The number of imidazole rings is 1. The van der Waals surface area contributed by atoms with E-state index in [1.54, 1.807) is 0 Å². The normalized spacial score (nSPS) is 17.5. The smallest absolute Gasteiger partial charge is 0.141 e. The van der Waals surface area contributed by atoms with Crippen LogP contribution in [0.1, 0.15) is 40.9 Å². The first-order chi connectivity index (χ1) is 29.2. The van der Waals surface area contributed by atoms with Crippen LogP contribution in [0.3, 0.4) is 0 Å². The van der Waals surface area contributed by atoms with Gasteiger partial charge in [-0.05, 0) is 69.9 Å². The molecular weight excluding hydrogens is 723 g/mol. The van der Waals surface area contributed by atoms with Crippen molar-refractivity contribution in [3.8, 4) is 27.9 Å². The molecular formula is C52H39N7. The molecule has 0 saturated carbocycles. The number of hydrogen-bond donors (Lipinski definition) is 3. The average Bonchev–Trinajstić information content (AvgIpc) is 3.74. The molecule has 0 fully saturated rings. The van der Waals surface area contributed by atoms with E-state index in [1.807, 2.05) is 36.7 Å². The van der Waals surface area contributed by atoms with E-state index in [1.165, 1.54) is 11.1 Å². The van der Waals surface area contributed by atoms with Gasteiger partial charge in [-0.15, -0.1) is 0 Å². The van der Waals surface area contributed by atoms with Crippen LogP contribution >= 0.6 is 0 Å². The maximum absolute atomic E-state index is 5.35. The zero-order valence-electron chi connectivity index (χ0n) is 32.1. The molecule has 3 unspecified atom stereocenters. The van der Waals surface area contributed by atoms with Crippen LogP contribution in [0.4, 0.5) is 0 Å². The van der Waals surface area contributed by atoms with Crippen LogP contribution in [0.2, 0.25) is 0 Å². The summed E-state index contributed by atoms with van der Waals surface area (Å²) < 4.78 is 2.32. The van der Waals surface area contributed by atoms with Gasteiger partial charge in [0.15, 0.2) is 0 Å². The van der Waals surface area contributed by atoms with Gasteiger partial charge in [-0.25, -0.2) is 9.98 Å². The monoisotopic (exact) mass is 761 g/mol. The van der Waals surface area contributed by atoms with Crippen molar-refractivity contribution in [2.45, 2.75) is 18.4 Å². The van der Waals surface area contributed by atoms with Crippen LogP contribution in [0.5, 0.6) is 0 Å². The third-order valence-electron chi connectivity index (χ3n) is 11.4. The van der Waals surface area contributed by atoms with E-state index in [9.17, 15) is 0 Å². The molecule has 0 radical (unpaired) electrons. The van der Waals surface area contributed by atoms with E-state index in [0.717, 1.165) is 77.9 Å². The van der Waals surface area contributed by atoms with Crippen molar-refractivity contribution in [3.05, 3.63) is 223 Å². The van der Waals surface area contributed by atoms with Crippen molar-refractivity contribution in [2.24, 2.45) is 4.99 Å². The van der Waals surface area contributed by atoms with Crippen molar-refractivity contribution in [3.63, 3.8) is 0 Å². The van der Waals surface area contributed by atoms with Crippen LogP contribution in [0, 0.1) is 0 Å².